The second-order valence-corrected chi connectivity index (χ2v) is 8.91. The molecule has 15 heteroatoms. The first-order valence-electron chi connectivity index (χ1n) is 11.5. The lowest BCUT2D eigenvalue weighted by atomic mass is 9.96. The Balaban J connectivity index is 1.44. The number of alkyl halides is 3. The molecule has 2 aromatic heterocycles. The predicted octanol–water partition coefficient (Wildman–Crippen LogP) is 3.67. The summed E-state index contributed by atoms with van der Waals surface area (Å²) >= 11 is 6.25. The zero-order valence-electron chi connectivity index (χ0n) is 20.3. The van der Waals surface area contributed by atoms with Crippen LogP contribution in [0.2, 0.25) is 5.02 Å². The minimum Gasteiger partial charge on any atom is -0.378 e. The van der Waals surface area contributed by atoms with E-state index in [1.54, 1.807) is 7.05 Å². The Hall–Kier alpha value is -4.04. The van der Waals surface area contributed by atoms with E-state index in [4.69, 9.17) is 16.3 Å². The third kappa shape index (κ3) is 6.34. The summed E-state index contributed by atoms with van der Waals surface area (Å²) in [6.07, 6.45) is -0.800. The lowest BCUT2D eigenvalue weighted by Gasteiger charge is -2.27. The summed E-state index contributed by atoms with van der Waals surface area (Å²) < 4.78 is 59.4. The SMILES string of the molecule is CNc1ncc(C(=O)N[C@@]2(C(=O)NCc3ncc(Nc4c(F)cccc4C(F)(F)F)cc3Cl)CCOC2)cn1. The number of hydrogen-bond donors (Lipinski definition) is 4. The molecule has 1 saturated heterocycles. The molecule has 2 amide bonds. The van der Waals surface area contributed by atoms with E-state index < -0.39 is 40.6 Å². The molecule has 3 heterocycles. The fourth-order valence-electron chi connectivity index (χ4n) is 3.79. The van der Waals surface area contributed by atoms with Gasteiger partial charge in [0, 0.05) is 32.5 Å². The summed E-state index contributed by atoms with van der Waals surface area (Å²) in [5.74, 6) is -1.91. The minimum absolute atomic E-state index is 0.00473. The van der Waals surface area contributed by atoms with E-state index in [0.29, 0.717) is 5.95 Å². The fourth-order valence-corrected chi connectivity index (χ4v) is 4.03. The molecule has 4 N–H and O–H groups in total. The van der Waals surface area contributed by atoms with Crippen molar-refractivity contribution in [2.24, 2.45) is 0 Å². The van der Waals surface area contributed by atoms with Crippen LogP contribution in [0.1, 0.15) is 28.0 Å². The van der Waals surface area contributed by atoms with Crippen LogP contribution >= 0.6 is 11.6 Å². The summed E-state index contributed by atoms with van der Waals surface area (Å²) in [4.78, 5) is 37.9. The molecule has 0 radical (unpaired) electrons. The molecule has 1 aliphatic rings. The number of nitrogens with one attached hydrogen (secondary N) is 4. The number of nitrogens with zero attached hydrogens (tertiary/aromatic N) is 3. The number of anilines is 3. The average molecular weight is 568 g/mol. The van der Waals surface area contributed by atoms with Gasteiger partial charge in [-0.1, -0.05) is 17.7 Å². The van der Waals surface area contributed by atoms with Gasteiger partial charge in [0.1, 0.15) is 11.4 Å². The topological polar surface area (TPSA) is 130 Å². The van der Waals surface area contributed by atoms with Crippen molar-refractivity contribution in [3.05, 3.63) is 70.5 Å². The molecule has 206 valence electrons. The smallest absolute Gasteiger partial charge is 0.378 e. The average Bonchev–Trinajstić information content (AvgIpc) is 3.38. The van der Waals surface area contributed by atoms with Crippen molar-refractivity contribution in [1.29, 1.82) is 0 Å². The molecule has 39 heavy (non-hydrogen) atoms. The number of carbonyl (C=O) groups excluding carboxylic acids is 2. The van der Waals surface area contributed by atoms with Crippen LogP contribution in [0.25, 0.3) is 0 Å². The summed E-state index contributed by atoms with van der Waals surface area (Å²) in [5, 5.41) is 10.5. The number of pyridine rings is 1. The van der Waals surface area contributed by atoms with Crippen LogP contribution in [-0.2, 0) is 22.3 Å². The number of hydrogen-bond acceptors (Lipinski definition) is 8. The predicted molar refractivity (Wildman–Crippen MR) is 133 cm³/mol. The quantitative estimate of drug-likeness (QED) is 0.303. The van der Waals surface area contributed by atoms with Gasteiger partial charge in [0.05, 0.1) is 52.6 Å². The Morgan fingerprint density at radius 3 is 2.51 bits per heavy atom. The Bertz CT molecular complexity index is 1370. The van der Waals surface area contributed by atoms with E-state index >= 15 is 0 Å². The molecule has 1 aromatic carbocycles. The Morgan fingerprint density at radius 1 is 1.15 bits per heavy atom. The highest BCUT2D eigenvalue weighted by atomic mass is 35.5. The van der Waals surface area contributed by atoms with Crippen LogP contribution in [0.4, 0.5) is 34.9 Å². The molecule has 3 aromatic rings. The molecule has 1 atom stereocenters. The highest BCUT2D eigenvalue weighted by Crippen LogP contribution is 2.37. The van der Waals surface area contributed by atoms with Crippen molar-refractivity contribution >= 4 is 40.7 Å². The molecule has 0 saturated carbocycles. The number of aromatic nitrogens is 3. The van der Waals surface area contributed by atoms with Gasteiger partial charge in [0.15, 0.2) is 0 Å². The molecular weight excluding hydrogens is 546 g/mol. The van der Waals surface area contributed by atoms with Gasteiger partial charge in [-0.05, 0) is 18.2 Å². The first-order valence-corrected chi connectivity index (χ1v) is 11.9. The lowest BCUT2D eigenvalue weighted by molar-refractivity contribution is -0.137. The molecule has 0 spiro atoms. The number of halogens is 5. The van der Waals surface area contributed by atoms with Gasteiger partial charge in [0.25, 0.3) is 5.91 Å². The Morgan fingerprint density at radius 2 is 1.90 bits per heavy atom. The summed E-state index contributed by atoms with van der Waals surface area (Å²) in [7, 11) is 1.63. The maximum absolute atomic E-state index is 14.2. The molecular formula is C24H22ClF4N7O3. The van der Waals surface area contributed by atoms with E-state index in [-0.39, 0.29) is 48.1 Å². The van der Waals surface area contributed by atoms with Gasteiger partial charge >= 0.3 is 6.18 Å². The Kier molecular flexibility index (Phi) is 8.16. The molecule has 0 aliphatic carbocycles. The largest absolute Gasteiger partial charge is 0.418 e. The first-order chi connectivity index (χ1) is 18.5. The monoisotopic (exact) mass is 567 g/mol. The van der Waals surface area contributed by atoms with Crippen LogP contribution in [0.5, 0.6) is 0 Å². The van der Waals surface area contributed by atoms with Crippen LogP contribution in [0.15, 0.2) is 42.9 Å². The molecule has 4 rings (SSSR count). The minimum atomic E-state index is -4.79. The molecule has 0 bridgehead atoms. The van der Waals surface area contributed by atoms with Crippen LogP contribution in [-0.4, -0.2) is 52.6 Å². The van der Waals surface area contributed by atoms with Crippen LogP contribution in [0, 0.1) is 5.82 Å². The first kappa shape index (κ1) is 28.0. The third-order valence-electron chi connectivity index (χ3n) is 5.87. The number of carbonyl (C=O) groups is 2. The second kappa shape index (κ2) is 11.4. The Labute approximate surface area is 224 Å². The fraction of sp³-hybridized carbons (Fsp3) is 0.292. The van der Waals surface area contributed by atoms with Crippen molar-refractivity contribution < 1.29 is 31.9 Å². The van der Waals surface area contributed by atoms with Crippen LogP contribution in [0.3, 0.4) is 0 Å². The number of amides is 2. The van der Waals surface area contributed by atoms with E-state index in [1.165, 1.54) is 18.5 Å². The van der Waals surface area contributed by atoms with Gasteiger partial charge in [-0.2, -0.15) is 13.2 Å². The second-order valence-electron chi connectivity index (χ2n) is 8.50. The van der Waals surface area contributed by atoms with E-state index in [9.17, 15) is 27.2 Å². The van der Waals surface area contributed by atoms with Gasteiger partial charge in [-0.3, -0.25) is 14.6 Å². The molecule has 1 fully saturated rings. The van der Waals surface area contributed by atoms with E-state index in [0.717, 1.165) is 24.4 Å². The maximum atomic E-state index is 14.2. The van der Waals surface area contributed by atoms with Gasteiger partial charge in [-0.15, -0.1) is 0 Å². The molecule has 1 aliphatic heterocycles. The lowest BCUT2D eigenvalue weighted by Crippen LogP contribution is -2.59. The highest BCUT2D eigenvalue weighted by Gasteiger charge is 2.44. The van der Waals surface area contributed by atoms with Crippen molar-refractivity contribution in [3.63, 3.8) is 0 Å². The van der Waals surface area contributed by atoms with Crippen molar-refractivity contribution in [2.45, 2.75) is 24.7 Å². The molecule has 10 nitrogen and oxygen atoms in total. The van der Waals surface area contributed by atoms with Gasteiger partial charge in [0.2, 0.25) is 11.9 Å². The standard InChI is InChI=1S/C24H22ClF4N7O3/c1-30-22-33-8-13(9-34-22)20(37)36-23(5-6-39-12-23)21(38)32-11-18-16(25)7-14(10-31-18)35-19-15(24(27,28)29)3-2-4-17(19)26/h2-4,7-10,35H,5-6,11-12H2,1H3,(H,32,38)(H,36,37)(H,30,33,34)/t23-/m0/s1. The van der Waals surface area contributed by atoms with Crippen molar-refractivity contribution in [3.8, 4) is 0 Å². The van der Waals surface area contributed by atoms with Crippen LogP contribution < -0.4 is 21.3 Å². The summed E-state index contributed by atoms with van der Waals surface area (Å²) in [6, 6.07) is 3.85. The number of para-hydroxylation sites is 1. The van der Waals surface area contributed by atoms with E-state index in [2.05, 4.69) is 36.2 Å². The normalized spacial score (nSPS) is 17.0. The third-order valence-corrected chi connectivity index (χ3v) is 6.20. The van der Waals surface area contributed by atoms with Gasteiger partial charge in [-0.25, -0.2) is 14.4 Å². The molecule has 0 unspecified atom stereocenters. The van der Waals surface area contributed by atoms with E-state index in [1.807, 2.05) is 0 Å². The zero-order valence-corrected chi connectivity index (χ0v) is 21.1. The summed E-state index contributed by atoms with van der Waals surface area (Å²) in [6.45, 7) is -0.00447. The summed E-state index contributed by atoms with van der Waals surface area (Å²) in [5.41, 5.74) is -2.99. The number of benzene rings is 1. The maximum Gasteiger partial charge on any atom is 0.418 e. The highest BCUT2D eigenvalue weighted by molar-refractivity contribution is 6.31. The number of ether oxygens (including phenoxy) is 1. The van der Waals surface area contributed by atoms with Crippen molar-refractivity contribution in [2.75, 3.05) is 30.9 Å². The van der Waals surface area contributed by atoms with Gasteiger partial charge < -0.3 is 26.0 Å². The number of rotatable bonds is 8. The zero-order chi connectivity index (χ0) is 28.2. The van der Waals surface area contributed by atoms with Crippen molar-refractivity contribution in [1.82, 2.24) is 25.6 Å².